The van der Waals surface area contributed by atoms with E-state index in [1.165, 1.54) is 25.0 Å². The number of nitrogens with zero attached hydrogens (tertiary/aromatic N) is 2. The van der Waals surface area contributed by atoms with Crippen molar-refractivity contribution in [3.63, 3.8) is 0 Å². The maximum absolute atomic E-state index is 5.29. The summed E-state index contributed by atoms with van der Waals surface area (Å²) in [5.41, 5.74) is 2.15. The maximum atomic E-state index is 5.29. The van der Waals surface area contributed by atoms with Crippen molar-refractivity contribution in [2.24, 2.45) is 0 Å². The minimum Gasteiger partial charge on any atom is -0.493 e. The second-order valence-electron chi connectivity index (χ2n) is 4.10. The van der Waals surface area contributed by atoms with Gasteiger partial charge in [-0.3, -0.25) is 0 Å². The predicted octanol–water partition coefficient (Wildman–Crippen LogP) is 2.61. The number of rotatable bonds is 2. The van der Waals surface area contributed by atoms with Crippen molar-refractivity contribution >= 4 is 5.65 Å². The number of methoxy groups -OCH3 is 1. The molecule has 2 aromatic rings. The third-order valence-electron chi connectivity index (χ3n) is 3.21. The van der Waals surface area contributed by atoms with Gasteiger partial charge < -0.3 is 9.14 Å². The molecule has 0 unspecified atom stereocenters. The van der Waals surface area contributed by atoms with Crippen molar-refractivity contribution < 1.29 is 4.74 Å². The number of imidazole rings is 1. The SMILES string of the molecule is COc1cccn2cc(C3CCC3)nc12. The lowest BCUT2D eigenvalue weighted by Gasteiger charge is -2.22. The topological polar surface area (TPSA) is 26.5 Å². The molecule has 2 heterocycles. The smallest absolute Gasteiger partial charge is 0.179 e. The van der Waals surface area contributed by atoms with Gasteiger partial charge in [-0.1, -0.05) is 6.42 Å². The average molecular weight is 202 g/mol. The maximum Gasteiger partial charge on any atom is 0.179 e. The van der Waals surface area contributed by atoms with Crippen LogP contribution >= 0.6 is 0 Å². The Kier molecular flexibility index (Phi) is 1.91. The molecule has 0 spiro atoms. The summed E-state index contributed by atoms with van der Waals surface area (Å²) < 4.78 is 7.34. The first-order chi connectivity index (χ1) is 7.38. The Morgan fingerprint density at radius 1 is 1.47 bits per heavy atom. The molecule has 1 aliphatic rings. The van der Waals surface area contributed by atoms with E-state index in [4.69, 9.17) is 4.74 Å². The van der Waals surface area contributed by atoms with Gasteiger partial charge in [0.1, 0.15) is 0 Å². The van der Waals surface area contributed by atoms with E-state index in [-0.39, 0.29) is 0 Å². The van der Waals surface area contributed by atoms with Gasteiger partial charge in [0, 0.05) is 18.3 Å². The lowest BCUT2D eigenvalue weighted by Crippen LogP contribution is -2.08. The van der Waals surface area contributed by atoms with Crippen molar-refractivity contribution in [2.75, 3.05) is 7.11 Å². The van der Waals surface area contributed by atoms with Gasteiger partial charge in [-0.15, -0.1) is 0 Å². The normalized spacial score (nSPS) is 16.6. The molecule has 1 aliphatic carbocycles. The summed E-state index contributed by atoms with van der Waals surface area (Å²) in [5, 5.41) is 0. The van der Waals surface area contributed by atoms with E-state index in [1.54, 1.807) is 7.11 Å². The second-order valence-corrected chi connectivity index (χ2v) is 4.10. The minimum atomic E-state index is 0.676. The Hall–Kier alpha value is -1.51. The summed E-state index contributed by atoms with van der Waals surface area (Å²) in [6.45, 7) is 0. The van der Waals surface area contributed by atoms with Crippen LogP contribution in [0.1, 0.15) is 30.9 Å². The van der Waals surface area contributed by atoms with E-state index in [0.717, 1.165) is 11.4 Å². The highest BCUT2D eigenvalue weighted by Gasteiger charge is 2.22. The third kappa shape index (κ3) is 1.30. The summed E-state index contributed by atoms with van der Waals surface area (Å²) in [6.07, 6.45) is 8.06. The standard InChI is InChI=1S/C12H14N2O/c1-15-11-6-3-7-14-8-10(13-12(11)14)9-4-2-5-9/h3,6-9H,2,4-5H2,1H3. The zero-order valence-electron chi connectivity index (χ0n) is 8.81. The van der Waals surface area contributed by atoms with Gasteiger partial charge in [0.15, 0.2) is 11.4 Å². The van der Waals surface area contributed by atoms with Gasteiger partial charge in [0.05, 0.1) is 12.8 Å². The van der Waals surface area contributed by atoms with E-state index in [9.17, 15) is 0 Å². The van der Waals surface area contributed by atoms with Crippen LogP contribution in [-0.2, 0) is 0 Å². The van der Waals surface area contributed by atoms with Crippen molar-refractivity contribution in [2.45, 2.75) is 25.2 Å². The minimum absolute atomic E-state index is 0.676. The largest absolute Gasteiger partial charge is 0.493 e. The summed E-state index contributed by atoms with van der Waals surface area (Å²) in [5.74, 6) is 1.53. The first-order valence-corrected chi connectivity index (χ1v) is 5.40. The molecule has 0 N–H and O–H groups in total. The molecule has 1 fully saturated rings. The molecule has 0 aliphatic heterocycles. The van der Waals surface area contributed by atoms with Gasteiger partial charge in [-0.2, -0.15) is 0 Å². The fraction of sp³-hybridized carbons (Fsp3) is 0.417. The van der Waals surface area contributed by atoms with Gasteiger partial charge in [-0.05, 0) is 25.0 Å². The highest BCUT2D eigenvalue weighted by atomic mass is 16.5. The predicted molar refractivity (Wildman–Crippen MR) is 58.3 cm³/mol. The van der Waals surface area contributed by atoms with E-state index in [1.807, 2.05) is 22.7 Å². The lowest BCUT2D eigenvalue weighted by molar-refractivity contribution is 0.410. The van der Waals surface area contributed by atoms with Gasteiger partial charge in [-0.25, -0.2) is 4.98 Å². The van der Waals surface area contributed by atoms with Crippen LogP contribution in [0.2, 0.25) is 0 Å². The molecule has 0 aromatic carbocycles. The summed E-state index contributed by atoms with van der Waals surface area (Å²) in [6, 6.07) is 3.94. The zero-order valence-corrected chi connectivity index (χ0v) is 8.81. The van der Waals surface area contributed by atoms with Crippen LogP contribution in [0, 0.1) is 0 Å². The quantitative estimate of drug-likeness (QED) is 0.748. The third-order valence-corrected chi connectivity index (χ3v) is 3.21. The Bertz CT molecular complexity index is 485. The molecule has 15 heavy (non-hydrogen) atoms. The molecule has 0 atom stereocenters. The van der Waals surface area contributed by atoms with Gasteiger partial charge >= 0.3 is 0 Å². The number of pyridine rings is 1. The monoisotopic (exact) mass is 202 g/mol. The van der Waals surface area contributed by atoms with Gasteiger partial charge in [0.2, 0.25) is 0 Å². The van der Waals surface area contributed by atoms with E-state index >= 15 is 0 Å². The first-order valence-electron chi connectivity index (χ1n) is 5.40. The molecular weight excluding hydrogens is 188 g/mol. The number of ether oxygens (including phenoxy) is 1. The van der Waals surface area contributed by atoms with Crippen LogP contribution in [0.4, 0.5) is 0 Å². The highest BCUT2D eigenvalue weighted by molar-refractivity contribution is 5.54. The summed E-state index contributed by atoms with van der Waals surface area (Å²) in [4.78, 5) is 4.64. The Morgan fingerprint density at radius 2 is 2.33 bits per heavy atom. The molecule has 0 amide bonds. The van der Waals surface area contributed by atoms with Crippen molar-refractivity contribution in [3.8, 4) is 5.75 Å². The van der Waals surface area contributed by atoms with Crippen molar-refractivity contribution in [1.29, 1.82) is 0 Å². The molecule has 3 rings (SSSR count). The Morgan fingerprint density at radius 3 is 3.00 bits per heavy atom. The fourth-order valence-corrected chi connectivity index (χ4v) is 2.07. The Labute approximate surface area is 88.7 Å². The van der Waals surface area contributed by atoms with E-state index in [2.05, 4.69) is 11.2 Å². The number of hydrogen-bond acceptors (Lipinski definition) is 2. The number of fused-ring (bicyclic) bond motifs is 1. The molecule has 2 aromatic heterocycles. The molecule has 3 heteroatoms. The van der Waals surface area contributed by atoms with Crippen molar-refractivity contribution in [1.82, 2.24) is 9.38 Å². The fourth-order valence-electron chi connectivity index (χ4n) is 2.07. The first kappa shape index (κ1) is 8.77. The molecule has 0 saturated heterocycles. The van der Waals surface area contributed by atoms with Gasteiger partial charge in [0.25, 0.3) is 0 Å². The molecule has 0 bridgehead atoms. The summed E-state index contributed by atoms with van der Waals surface area (Å²) in [7, 11) is 1.69. The average Bonchev–Trinajstić information content (AvgIpc) is 2.57. The number of hydrogen-bond donors (Lipinski definition) is 0. The van der Waals surface area contributed by atoms with Crippen LogP contribution in [-0.4, -0.2) is 16.5 Å². The van der Waals surface area contributed by atoms with Crippen LogP contribution in [0.15, 0.2) is 24.5 Å². The molecule has 78 valence electrons. The molecule has 3 nitrogen and oxygen atoms in total. The van der Waals surface area contributed by atoms with E-state index in [0.29, 0.717) is 5.92 Å². The van der Waals surface area contributed by atoms with Crippen LogP contribution in [0.3, 0.4) is 0 Å². The summed E-state index contributed by atoms with van der Waals surface area (Å²) >= 11 is 0. The van der Waals surface area contributed by atoms with Crippen LogP contribution in [0.25, 0.3) is 5.65 Å². The Balaban J connectivity index is 2.12. The van der Waals surface area contributed by atoms with Crippen LogP contribution in [0.5, 0.6) is 5.75 Å². The lowest BCUT2D eigenvalue weighted by atomic mass is 9.83. The number of aromatic nitrogens is 2. The van der Waals surface area contributed by atoms with Crippen LogP contribution < -0.4 is 4.74 Å². The molecular formula is C12H14N2O. The highest BCUT2D eigenvalue weighted by Crippen LogP contribution is 2.36. The van der Waals surface area contributed by atoms with Crippen molar-refractivity contribution in [3.05, 3.63) is 30.2 Å². The second kappa shape index (κ2) is 3.26. The molecule has 1 saturated carbocycles. The molecule has 0 radical (unpaired) electrons. The van der Waals surface area contributed by atoms with E-state index < -0.39 is 0 Å². The zero-order chi connectivity index (χ0) is 10.3.